The maximum Gasteiger partial charge on any atom is 0.219 e. The van der Waals surface area contributed by atoms with Crippen molar-refractivity contribution in [3.8, 4) is 0 Å². The molecule has 1 aromatic rings. The molecule has 26 heavy (non-hydrogen) atoms. The minimum absolute atomic E-state index is 0.246. The van der Waals surface area contributed by atoms with Gasteiger partial charge in [-0.1, -0.05) is 6.92 Å². The first-order valence-electron chi connectivity index (χ1n) is 10.4. The molecule has 0 radical (unpaired) electrons. The zero-order valence-electron chi connectivity index (χ0n) is 16.3. The number of rotatable bonds is 3. The molecule has 5 heteroatoms. The van der Waals surface area contributed by atoms with Crippen molar-refractivity contribution >= 4 is 5.91 Å². The molecule has 1 aromatic heterocycles. The largest absolute Gasteiger partial charge is 0.342 e. The van der Waals surface area contributed by atoms with Gasteiger partial charge in [-0.15, -0.1) is 0 Å². The molecule has 2 saturated heterocycles. The number of piperidine rings is 1. The van der Waals surface area contributed by atoms with Crippen molar-refractivity contribution in [2.45, 2.75) is 70.8 Å². The molecule has 0 bridgehead atoms. The molecule has 0 atom stereocenters. The Morgan fingerprint density at radius 3 is 2.27 bits per heavy atom. The SMILES string of the molecule is CCc1ncc(C2CCN(C3CCC4(CC3)CN(C(C)=O)C4)CC2)cn1. The summed E-state index contributed by atoms with van der Waals surface area (Å²) >= 11 is 0. The molecule has 1 aliphatic carbocycles. The van der Waals surface area contributed by atoms with Crippen molar-refractivity contribution < 1.29 is 4.79 Å². The molecular weight excluding hydrogens is 324 g/mol. The first-order chi connectivity index (χ1) is 12.6. The van der Waals surface area contributed by atoms with Gasteiger partial charge in [0, 0.05) is 50.3 Å². The highest BCUT2D eigenvalue weighted by Crippen LogP contribution is 2.45. The van der Waals surface area contributed by atoms with E-state index in [9.17, 15) is 4.79 Å². The van der Waals surface area contributed by atoms with Gasteiger partial charge in [0.25, 0.3) is 0 Å². The smallest absolute Gasteiger partial charge is 0.219 e. The second-order valence-electron chi connectivity index (χ2n) is 8.70. The van der Waals surface area contributed by atoms with Gasteiger partial charge in [0.2, 0.25) is 5.91 Å². The van der Waals surface area contributed by atoms with Gasteiger partial charge in [-0.3, -0.25) is 4.79 Å². The number of carbonyl (C=O) groups excluding carboxylic acids is 1. The van der Waals surface area contributed by atoms with Crippen molar-refractivity contribution in [1.82, 2.24) is 19.8 Å². The predicted octanol–water partition coefficient (Wildman–Crippen LogP) is 3.01. The van der Waals surface area contributed by atoms with E-state index in [1.807, 2.05) is 17.3 Å². The van der Waals surface area contributed by atoms with Crippen LogP contribution in [0.5, 0.6) is 0 Å². The predicted molar refractivity (Wildman–Crippen MR) is 102 cm³/mol. The number of amides is 1. The summed E-state index contributed by atoms with van der Waals surface area (Å²) in [6.07, 6.45) is 12.7. The summed E-state index contributed by atoms with van der Waals surface area (Å²) in [7, 11) is 0. The monoisotopic (exact) mass is 356 g/mol. The molecule has 0 unspecified atom stereocenters. The molecule has 2 aliphatic heterocycles. The zero-order valence-corrected chi connectivity index (χ0v) is 16.3. The molecule has 3 heterocycles. The minimum Gasteiger partial charge on any atom is -0.342 e. The lowest BCUT2D eigenvalue weighted by molar-refractivity contribution is -0.144. The quantitative estimate of drug-likeness (QED) is 0.835. The van der Waals surface area contributed by atoms with Crippen LogP contribution in [0.4, 0.5) is 0 Å². The van der Waals surface area contributed by atoms with Gasteiger partial charge in [-0.2, -0.15) is 0 Å². The van der Waals surface area contributed by atoms with Gasteiger partial charge in [0.05, 0.1) is 0 Å². The summed E-state index contributed by atoms with van der Waals surface area (Å²) < 4.78 is 0. The number of nitrogens with zero attached hydrogens (tertiary/aromatic N) is 4. The van der Waals surface area contributed by atoms with Crippen molar-refractivity contribution in [3.05, 3.63) is 23.8 Å². The summed E-state index contributed by atoms with van der Waals surface area (Å²) in [5.41, 5.74) is 1.78. The van der Waals surface area contributed by atoms with Crippen LogP contribution in [0.15, 0.2) is 12.4 Å². The fourth-order valence-corrected chi connectivity index (χ4v) is 5.24. The van der Waals surface area contributed by atoms with Crippen LogP contribution in [0.25, 0.3) is 0 Å². The maximum absolute atomic E-state index is 11.5. The lowest BCUT2D eigenvalue weighted by Crippen LogP contribution is -2.60. The Hall–Kier alpha value is -1.49. The Morgan fingerprint density at radius 1 is 1.12 bits per heavy atom. The zero-order chi connectivity index (χ0) is 18.1. The van der Waals surface area contributed by atoms with Gasteiger partial charge in [0.1, 0.15) is 5.82 Å². The van der Waals surface area contributed by atoms with Gasteiger partial charge >= 0.3 is 0 Å². The second kappa shape index (κ2) is 7.26. The lowest BCUT2D eigenvalue weighted by Gasteiger charge is -2.54. The van der Waals surface area contributed by atoms with Crippen LogP contribution in [-0.4, -0.2) is 57.9 Å². The normalized spacial score (nSPS) is 24.6. The van der Waals surface area contributed by atoms with Crippen LogP contribution in [0.2, 0.25) is 0 Å². The van der Waals surface area contributed by atoms with E-state index in [1.165, 1.54) is 57.2 Å². The van der Waals surface area contributed by atoms with Gasteiger partial charge in [-0.05, 0) is 63.1 Å². The van der Waals surface area contributed by atoms with E-state index in [0.717, 1.165) is 31.4 Å². The van der Waals surface area contributed by atoms with Crippen molar-refractivity contribution in [3.63, 3.8) is 0 Å². The van der Waals surface area contributed by atoms with Gasteiger partial charge < -0.3 is 9.80 Å². The number of aromatic nitrogens is 2. The highest BCUT2D eigenvalue weighted by molar-refractivity contribution is 5.74. The standard InChI is InChI=1S/C21H32N4O/c1-3-20-22-12-18(13-23-20)17-6-10-24(11-7-17)19-4-8-21(9-5-19)14-25(15-21)16(2)26/h12-13,17,19H,3-11,14-15H2,1-2H3. The maximum atomic E-state index is 11.5. The van der Waals surface area contributed by atoms with E-state index in [2.05, 4.69) is 21.8 Å². The third-order valence-electron chi connectivity index (χ3n) is 7.07. The highest BCUT2D eigenvalue weighted by atomic mass is 16.2. The molecule has 1 amide bonds. The molecule has 3 aliphatic rings. The summed E-state index contributed by atoms with van der Waals surface area (Å²) in [6, 6.07) is 0.756. The van der Waals surface area contributed by atoms with Crippen LogP contribution in [-0.2, 0) is 11.2 Å². The summed E-state index contributed by atoms with van der Waals surface area (Å²) in [6.45, 7) is 8.22. The van der Waals surface area contributed by atoms with E-state index in [-0.39, 0.29) is 5.91 Å². The topological polar surface area (TPSA) is 49.3 Å². The van der Waals surface area contributed by atoms with Crippen LogP contribution in [0, 0.1) is 5.41 Å². The molecule has 4 rings (SSSR count). The molecule has 142 valence electrons. The number of carbonyl (C=O) groups is 1. The summed E-state index contributed by atoms with van der Waals surface area (Å²) in [5, 5.41) is 0. The molecule has 0 aromatic carbocycles. The van der Waals surface area contributed by atoms with E-state index in [0.29, 0.717) is 11.3 Å². The van der Waals surface area contributed by atoms with E-state index >= 15 is 0 Å². The van der Waals surface area contributed by atoms with E-state index < -0.39 is 0 Å². The van der Waals surface area contributed by atoms with E-state index in [1.54, 1.807) is 6.92 Å². The number of aryl methyl sites for hydroxylation is 1. The van der Waals surface area contributed by atoms with Crippen LogP contribution in [0.1, 0.15) is 69.7 Å². The summed E-state index contributed by atoms with van der Waals surface area (Å²) in [4.78, 5) is 25.2. The van der Waals surface area contributed by atoms with Crippen molar-refractivity contribution in [2.24, 2.45) is 5.41 Å². The van der Waals surface area contributed by atoms with Crippen LogP contribution >= 0.6 is 0 Å². The number of likely N-dealkylation sites (tertiary alicyclic amines) is 2. The Balaban J connectivity index is 1.25. The summed E-state index contributed by atoms with van der Waals surface area (Å²) in [5.74, 6) is 1.82. The Kier molecular flexibility index (Phi) is 5.00. The van der Waals surface area contributed by atoms with Crippen molar-refractivity contribution in [2.75, 3.05) is 26.2 Å². The highest BCUT2D eigenvalue weighted by Gasteiger charge is 2.46. The van der Waals surface area contributed by atoms with Gasteiger partial charge in [-0.25, -0.2) is 9.97 Å². The van der Waals surface area contributed by atoms with Gasteiger partial charge in [0.15, 0.2) is 0 Å². The average Bonchev–Trinajstić information content (AvgIpc) is 2.66. The fourth-order valence-electron chi connectivity index (χ4n) is 5.24. The fraction of sp³-hybridized carbons (Fsp3) is 0.762. The molecule has 3 fully saturated rings. The Bertz CT molecular complexity index is 620. The molecule has 1 saturated carbocycles. The third kappa shape index (κ3) is 3.51. The Labute approximate surface area is 157 Å². The third-order valence-corrected chi connectivity index (χ3v) is 7.07. The molecule has 5 nitrogen and oxygen atoms in total. The molecular formula is C21H32N4O. The van der Waals surface area contributed by atoms with E-state index in [4.69, 9.17) is 0 Å². The first kappa shape index (κ1) is 17.9. The number of hydrogen-bond acceptors (Lipinski definition) is 4. The minimum atomic E-state index is 0.246. The average molecular weight is 357 g/mol. The van der Waals surface area contributed by atoms with Crippen molar-refractivity contribution in [1.29, 1.82) is 0 Å². The van der Waals surface area contributed by atoms with Crippen LogP contribution < -0.4 is 0 Å². The molecule has 0 N–H and O–H groups in total. The van der Waals surface area contributed by atoms with Crippen LogP contribution in [0.3, 0.4) is 0 Å². The Morgan fingerprint density at radius 2 is 1.73 bits per heavy atom. The molecule has 1 spiro atoms. The number of hydrogen-bond donors (Lipinski definition) is 0. The second-order valence-corrected chi connectivity index (χ2v) is 8.70. The first-order valence-corrected chi connectivity index (χ1v) is 10.4. The lowest BCUT2D eigenvalue weighted by atomic mass is 9.67.